The normalized spacial score (nSPS) is 12.2. The molecule has 0 spiro atoms. The molecule has 208 valence electrons. The molecule has 0 aliphatic carbocycles. The summed E-state index contributed by atoms with van der Waals surface area (Å²) in [5, 5.41) is 3.47. The topological polar surface area (TPSA) is 86.8 Å². The second-order valence-electron chi connectivity index (χ2n) is 10.1. The minimum Gasteiger partial charge on any atom is -0.354 e. The number of hydrogen-bond donors (Lipinski definition) is 1. The Bertz CT molecular complexity index is 1380. The highest BCUT2D eigenvalue weighted by Crippen LogP contribution is 2.24. The van der Waals surface area contributed by atoms with Gasteiger partial charge in [0.25, 0.3) is 0 Å². The van der Waals surface area contributed by atoms with Gasteiger partial charge in [0, 0.05) is 24.5 Å². The van der Waals surface area contributed by atoms with Crippen LogP contribution in [0.4, 0.5) is 5.69 Å². The summed E-state index contributed by atoms with van der Waals surface area (Å²) in [6.45, 7) is 5.85. The van der Waals surface area contributed by atoms with Crippen molar-refractivity contribution in [2.45, 2.75) is 39.8 Å². The van der Waals surface area contributed by atoms with Gasteiger partial charge in [-0.25, -0.2) is 8.42 Å². The molecule has 3 aromatic rings. The molecule has 1 unspecified atom stereocenters. The van der Waals surface area contributed by atoms with E-state index in [1.165, 1.54) is 4.90 Å². The van der Waals surface area contributed by atoms with Gasteiger partial charge in [-0.1, -0.05) is 86.1 Å². The number of anilines is 1. The van der Waals surface area contributed by atoms with Crippen LogP contribution < -0.4 is 9.62 Å². The fourth-order valence-corrected chi connectivity index (χ4v) is 5.37. The van der Waals surface area contributed by atoms with Crippen molar-refractivity contribution in [3.8, 4) is 0 Å². The second-order valence-corrected chi connectivity index (χ2v) is 12.4. The molecular weight excluding hydrogens is 534 g/mol. The maximum absolute atomic E-state index is 14.1. The number of benzene rings is 3. The Hall–Kier alpha value is -3.36. The zero-order valence-electron chi connectivity index (χ0n) is 22.8. The molecular formula is C30H36ClN3O4S. The van der Waals surface area contributed by atoms with Crippen LogP contribution in [0.2, 0.25) is 5.02 Å². The van der Waals surface area contributed by atoms with Crippen molar-refractivity contribution in [1.82, 2.24) is 10.2 Å². The summed E-state index contributed by atoms with van der Waals surface area (Å²) >= 11 is 6.24. The molecule has 2 amide bonds. The van der Waals surface area contributed by atoms with E-state index < -0.39 is 28.5 Å². The van der Waals surface area contributed by atoms with Crippen LogP contribution >= 0.6 is 11.6 Å². The van der Waals surface area contributed by atoms with Crippen molar-refractivity contribution in [1.29, 1.82) is 0 Å². The summed E-state index contributed by atoms with van der Waals surface area (Å²) in [5.41, 5.74) is 2.74. The minimum absolute atomic E-state index is 0.0807. The first-order valence-electron chi connectivity index (χ1n) is 12.8. The van der Waals surface area contributed by atoms with Gasteiger partial charge < -0.3 is 10.2 Å². The lowest BCUT2D eigenvalue weighted by molar-refractivity contribution is -0.140. The van der Waals surface area contributed by atoms with Gasteiger partial charge in [0.05, 0.1) is 11.9 Å². The van der Waals surface area contributed by atoms with Crippen LogP contribution in [0.3, 0.4) is 0 Å². The average Bonchev–Trinajstić information content (AvgIpc) is 2.88. The van der Waals surface area contributed by atoms with Crippen LogP contribution in [-0.2, 0) is 32.6 Å². The molecule has 3 aromatic carbocycles. The Kier molecular flexibility index (Phi) is 10.5. The molecule has 1 atom stereocenters. The first-order valence-corrected chi connectivity index (χ1v) is 15.1. The lowest BCUT2D eigenvalue weighted by atomic mass is 10.0. The third-order valence-electron chi connectivity index (χ3n) is 6.26. The number of nitrogens with one attached hydrogen (secondary N) is 1. The van der Waals surface area contributed by atoms with Crippen LogP contribution in [0.1, 0.15) is 30.5 Å². The molecule has 0 aromatic heterocycles. The van der Waals surface area contributed by atoms with Gasteiger partial charge in [0.15, 0.2) is 0 Å². The fourth-order valence-electron chi connectivity index (χ4n) is 4.25. The number of nitrogens with zero attached hydrogens (tertiary/aromatic N) is 2. The lowest BCUT2D eigenvalue weighted by Gasteiger charge is -2.34. The van der Waals surface area contributed by atoms with Gasteiger partial charge in [-0.3, -0.25) is 13.9 Å². The predicted octanol–water partition coefficient (Wildman–Crippen LogP) is 4.83. The van der Waals surface area contributed by atoms with Crippen LogP contribution in [0.15, 0.2) is 78.9 Å². The first-order chi connectivity index (χ1) is 18.5. The average molecular weight is 570 g/mol. The zero-order chi connectivity index (χ0) is 28.6. The van der Waals surface area contributed by atoms with E-state index in [1.54, 1.807) is 43.3 Å². The predicted molar refractivity (Wildman–Crippen MR) is 157 cm³/mol. The molecule has 1 N–H and O–H groups in total. The first kappa shape index (κ1) is 30.2. The van der Waals surface area contributed by atoms with E-state index in [0.717, 1.165) is 21.7 Å². The van der Waals surface area contributed by atoms with Gasteiger partial charge in [-0.15, -0.1) is 0 Å². The summed E-state index contributed by atoms with van der Waals surface area (Å²) in [5.74, 6) is -0.584. The van der Waals surface area contributed by atoms with E-state index >= 15 is 0 Å². The van der Waals surface area contributed by atoms with Crippen LogP contribution in [0.5, 0.6) is 0 Å². The lowest BCUT2D eigenvalue weighted by Crippen LogP contribution is -2.53. The van der Waals surface area contributed by atoms with Crippen LogP contribution in [-0.4, -0.2) is 50.5 Å². The monoisotopic (exact) mass is 569 g/mol. The molecule has 39 heavy (non-hydrogen) atoms. The van der Waals surface area contributed by atoms with Crippen molar-refractivity contribution < 1.29 is 18.0 Å². The Morgan fingerprint density at radius 2 is 1.56 bits per heavy atom. The van der Waals surface area contributed by atoms with Crippen LogP contribution in [0.25, 0.3) is 0 Å². The van der Waals surface area contributed by atoms with E-state index in [-0.39, 0.29) is 24.8 Å². The van der Waals surface area contributed by atoms with Crippen LogP contribution in [0, 0.1) is 12.8 Å². The van der Waals surface area contributed by atoms with Gasteiger partial charge >= 0.3 is 0 Å². The number of sulfonamides is 1. The third kappa shape index (κ3) is 8.83. The Balaban J connectivity index is 2.05. The molecule has 0 radical (unpaired) electrons. The largest absolute Gasteiger partial charge is 0.354 e. The summed E-state index contributed by atoms with van der Waals surface area (Å²) in [6, 6.07) is 22.6. The number of carbonyl (C=O) groups is 2. The quantitative estimate of drug-likeness (QED) is 0.338. The van der Waals surface area contributed by atoms with E-state index in [0.29, 0.717) is 22.8 Å². The van der Waals surface area contributed by atoms with Crippen molar-refractivity contribution in [3.63, 3.8) is 0 Å². The van der Waals surface area contributed by atoms with Gasteiger partial charge in [-0.2, -0.15) is 0 Å². The van der Waals surface area contributed by atoms with Crippen molar-refractivity contribution in [2.24, 2.45) is 5.92 Å². The molecule has 0 bridgehead atoms. The summed E-state index contributed by atoms with van der Waals surface area (Å²) in [4.78, 5) is 29.1. The standard InChI is InChI=1S/C30H36ClN3O4S/c1-22(2)19-32-30(36)28(18-24-12-6-5-7-13-24)33(20-25-14-10-15-26(31)17-25)29(35)21-34(39(4,37)38)27-16-9-8-11-23(27)3/h5-17,22,28H,18-21H2,1-4H3,(H,32,36). The number of amides is 2. The van der Waals surface area contributed by atoms with Gasteiger partial charge in [0.2, 0.25) is 21.8 Å². The second kappa shape index (κ2) is 13.6. The van der Waals surface area contributed by atoms with Crippen molar-refractivity contribution >= 4 is 39.1 Å². The highest BCUT2D eigenvalue weighted by Gasteiger charge is 2.33. The summed E-state index contributed by atoms with van der Waals surface area (Å²) in [7, 11) is -3.81. The molecule has 0 heterocycles. The highest BCUT2D eigenvalue weighted by atomic mass is 35.5. The number of carbonyl (C=O) groups excluding carboxylic acids is 2. The number of rotatable bonds is 12. The number of aryl methyl sites for hydroxylation is 1. The Morgan fingerprint density at radius 1 is 0.923 bits per heavy atom. The molecule has 0 fully saturated rings. The Morgan fingerprint density at radius 3 is 2.18 bits per heavy atom. The zero-order valence-corrected chi connectivity index (χ0v) is 24.4. The molecule has 0 aliphatic rings. The smallest absolute Gasteiger partial charge is 0.244 e. The molecule has 0 saturated carbocycles. The summed E-state index contributed by atoms with van der Waals surface area (Å²) in [6.07, 6.45) is 1.34. The van der Waals surface area contributed by atoms with Crippen molar-refractivity contribution in [2.75, 3.05) is 23.7 Å². The van der Waals surface area contributed by atoms with Gasteiger partial charge in [-0.05, 0) is 47.7 Å². The summed E-state index contributed by atoms with van der Waals surface area (Å²) < 4.78 is 26.9. The minimum atomic E-state index is -3.81. The van der Waals surface area contributed by atoms with E-state index in [9.17, 15) is 18.0 Å². The number of para-hydroxylation sites is 1. The maximum atomic E-state index is 14.1. The third-order valence-corrected chi connectivity index (χ3v) is 7.62. The fraction of sp³-hybridized carbons (Fsp3) is 0.333. The Labute approximate surface area is 236 Å². The number of halogens is 1. The molecule has 3 rings (SSSR count). The maximum Gasteiger partial charge on any atom is 0.244 e. The molecule has 0 saturated heterocycles. The van der Waals surface area contributed by atoms with E-state index in [4.69, 9.17) is 11.6 Å². The van der Waals surface area contributed by atoms with E-state index in [1.807, 2.05) is 56.3 Å². The highest BCUT2D eigenvalue weighted by molar-refractivity contribution is 7.92. The molecule has 7 nitrogen and oxygen atoms in total. The molecule has 0 aliphatic heterocycles. The molecule has 9 heteroatoms. The van der Waals surface area contributed by atoms with E-state index in [2.05, 4.69) is 5.32 Å². The van der Waals surface area contributed by atoms with Gasteiger partial charge in [0.1, 0.15) is 12.6 Å². The SMILES string of the molecule is Cc1ccccc1N(CC(=O)N(Cc1cccc(Cl)c1)C(Cc1ccccc1)C(=O)NCC(C)C)S(C)(=O)=O. The number of hydrogen-bond acceptors (Lipinski definition) is 4. The van der Waals surface area contributed by atoms with Crippen molar-refractivity contribution in [3.05, 3.63) is 101 Å².